The second-order valence-corrected chi connectivity index (χ2v) is 8.75. The number of rotatable bonds is 3. The van der Waals surface area contributed by atoms with Crippen LogP contribution in [-0.4, -0.2) is 45.6 Å². The van der Waals surface area contributed by atoms with E-state index in [-0.39, 0.29) is 31.6 Å². The van der Waals surface area contributed by atoms with E-state index < -0.39 is 45.7 Å². The van der Waals surface area contributed by atoms with Gasteiger partial charge in [-0.2, -0.15) is 4.98 Å². The molecule has 3 aromatic rings. The van der Waals surface area contributed by atoms with E-state index >= 15 is 0 Å². The van der Waals surface area contributed by atoms with Crippen molar-refractivity contribution in [1.82, 2.24) is 14.9 Å². The molecule has 2 fully saturated rings. The topological polar surface area (TPSA) is 78.5 Å². The number of amides is 1. The molecule has 5 rings (SSSR count). The molecular weight excluding hydrogens is 437 g/mol. The molecule has 172 valence electrons. The molecule has 1 N–H and O–H groups in total. The lowest BCUT2D eigenvalue weighted by atomic mass is 9.97. The predicted molar refractivity (Wildman–Crippen MR) is 114 cm³/mol. The molecule has 2 aliphatic rings. The summed E-state index contributed by atoms with van der Waals surface area (Å²) in [6, 6.07) is 9.41. The van der Waals surface area contributed by atoms with Crippen LogP contribution in [0.5, 0.6) is 0 Å². The number of aromatic nitrogens is 2. The molecule has 7 nitrogen and oxygen atoms in total. The zero-order valence-electron chi connectivity index (χ0n) is 17.8. The molecule has 2 aromatic carbocycles. The minimum atomic E-state index is -1.37. The Balaban J connectivity index is 1.45. The van der Waals surface area contributed by atoms with Crippen LogP contribution in [-0.2, 0) is 11.3 Å². The SMILES string of the molecule is C[C@]12CCC(CN(c3nc(=O)[nH]c4c(F)cc(F)c(F)c34)C1)N2C(=O)OCc1ccccc1. The molecule has 1 unspecified atom stereocenters. The third-order valence-corrected chi connectivity index (χ3v) is 6.46. The highest BCUT2D eigenvalue weighted by molar-refractivity contribution is 5.90. The van der Waals surface area contributed by atoms with Crippen LogP contribution in [0, 0.1) is 17.5 Å². The zero-order valence-corrected chi connectivity index (χ0v) is 17.8. The molecule has 10 heteroatoms. The molecule has 2 bridgehead atoms. The van der Waals surface area contributed by atoms with E-state index in [9.17, 15) is 22.8 Å². The lowest BCUT2D eigenvalue weighted by Gasteiger charge is -2.47. The zero-order chi connectivity index (χ0) is 23.3. The number of nitrogens with zero attached hydrogens (tertiary/aromatic N) is 3. The molecule has 33 heavy (non-hydrogen) atoms. The summed E-state index contributed by atoms with van der Waals surface area (Å²) in [5.74, 6) is -3.87. The smallest absolute Gasteiger partial charge is 0.410 e. The fraction of sp³-hybridized carbons (Fsp3) is 0.348. The number of benzene rings is 2. The van der Waals surface area contributed by atoms with Crippen molar-refractivity contribution < 1.29 is 22.7 Å². The Labute approximate surface area is 186 Å². The molecule has 3 heterocycles. The Hall–Kier alpha value is -3.56. The quantitative estimate of drug-likeness (QED) is 0.606. The van der Waals surface area contributed by atoms with E-state index in [2.05, 4.69) is 9.97 Å². The summed E-state index contributed by atoms with van der Waals surface area (Å²) in [4.78, 5) is 34.3. The van der Waals surface area contributed by atoms with Crippen LogP contribution < -0.4 is 10.6 Å². The number of nitrogens with one attached hydrogen (secondary N) is 1. The van der Waals surface area contributed by atoms with Crippen molar-refractivity contribution in [3.63, 3.8) is 0 Å². The Bertz CT molecular complexity index is 1300. The average Bonchev–Trinajstić information content (AvgIpc) is 3.00. The van der Waals surface area contributed by atoms with Crippen molar-refractivity contribution in [3.8, 4) is 0 Å². The van der Waals surface area contributed by atoms with Crippen molar-refractivity contribution in [2.45, 2.75) is 38.0 Å². The molecule has 2 saturated heterocycles. The van der Waals surface area contributed by atoms with E-state index in [1.54, 1.807) is 9.80 Å². The molecular formula is C23H21F3N4O3. The van der Waals surface area contributed by atoms with E-state index in [0.717, 1.165) is 5.56 Å². The number of ether oxygens (including phenoxy) is 1. The summed E-state index contributed by atoms with van der Waals surface area (Å²) >= 11 is 0. The standard InChI is InChI=1S/C23H21F3N4O3/c1-23-8-7-14(30(23)22(32)33-11-13-5-3-2-4-6-13)10-29(12-23)20-17-18(26)15(24)9-16(25)19(17)27-21(31)28-20/h2-6,9,14H,7-8,10-12H2,1H3,(H,27,28,31)/t14?,23-/m0/s1. The second kappa shape index (κ2) is 7.79. The monoisotopic (exact) mass is 458 g/mol. The molecule has 0 radical (unpaired) electrons. The van der Waals surface area contributed by atoms with Crippen molar-refractivity contribution >= 4 is 22.8 Å². The van der Waals surface area contributed by atoms with Gasteiger partial charge in [-0.15, -0.1) is 0 Å². The summed E-state index contributed by atoms with van der Waals surface area (Å²) in [5, 5.41) is -0.421. The van der Waals surface area contributed by atoms with Crippen LogP contribution in [0.1, 0.15) is 25.3 Å². The van der Waals surface area contributed by atoms with Gasteiger partial charge in [0.05, 0.1) is 22.5 Å². The largest absolute Gasteiger partial charge is 0.445 e. The fourth-order valence-corrected chi connectivity index (χ4v) is 4.99. The van der Waals surface area contributed by atoms with Crippen molar-refractivity contribution in [2.75, 3.05) is 18.0 Å². The van der Waals surface area contributed by atoms with E-state index in [1.807, 2.05) is 37.3 Å². The molecule has 0 saturated carbocycles. The van der Waals surface area contributed by atoms with Gasteiger partial charge in [-0.3, -0.25) is 4.90 Å². The lowest BCUT2D eigenvalue weighted by molar-refractivity contribution is 0.0467. The number of H-pyrrole nitrogens is 1. The summed E-state index contributed by atoms with van der Waals surface area (Å²) < 4.78 is 48.5. The number of hydrogen-bond acceptors (Lipinski definition) is 5. The van der Waals surface area contributed by atoms with Crippen molar-refractivity contribution in [3.05, 3.63) is 69.9 Å². The third kappa shape index (κ3) is 3.59. The maximum atomic E-state index is 14.7. The normalized spacial score (nSPS) is 22.1. The molecule has 0 aliphatic carbocycles. The van der Waals surface area contributed by atoms with E-state index in [1.165, 1.54) is 0 Å². The van der Waals surface area contributed by atoms with Crippen LogP contribution in [0.2, 0.25) is 0 Å². The number of fused-ring (bicyclic) bond motifs is 3. The Morgan fingerprint density at radius 2 is 2.00 bits per heavy atom. The highest BCUT2D eigenvalue weighted by atomic mass is 19.2. The first-order valence-electron chi connectivity index (χ1n) is 10.6. The van der Waals surface area contributed by atoms with Gasteiger partial charge in [0.25, 0.3) is 0 Å². The molecule has 2 aliphatic heterocycles. The van der Waals surface area contributed by atoms with Gasteiger partial charge < -0.3 is 14.6 Å². The van der Waals surface area contributed by atoms with Crippen molar-refractivity contribution in [1.29, 1.82) is 0 Å². The maximum Gasteiger partial charge on any atom is 0.410 e. The summed E-state index contributed by atoms with van der Waals surface area (Å²) in [7, 11) is 0. The second-order valence-electron chi connectivity index (χ2n) is 8.75. The minimum absolute atomic E-state index is 0.132. The highest BCUT2D eigenvalue weighted by Crippen LogP contribution is 2.42. The molecule has 0 spiro atoms. The van der Waals surface area contributed by atoms with Crippen LogP contribution in [0.25, 0.3) is 10.9 Å². The molecule has 2 atom stereocenters. The van der Waals surface area contributed by atoms with E-state index in [0.29, 0.717) is 18.9 Å². The number of carbonyl (C=O) groups is 1. The van der Waals surface area contributed by atoms with Crippen LogP contribution in [0.3, 0.4) is 0 Å². The Morgan fingerprint density at radius 1 is 1.24 bits per heavy atom. The van der Waals surface area contributed by atoms with Crippen LogP contribution in [0.4, 0.5) is 23.8 Å². The Kier molecular flexibility index (Phi) is 5.02. The van der Waals surface area contributed by atoms with Gasteiger partial charge in [-0.1, -0.05) is 30.3 Å². The number of halogens is 3. The Morgan fingerprint density at radius 3 is 2.73 bits per heavy atom. The number of piperazine rings is 1. The van der Waals surface area contributed by atoms with Gasteiger partial charge in [0.1, 0.15) is 12.4 Å². The summed E-state index contributed by atoms with van der Waals surface area (Å²) in [6.07, 6.45) is 0.858. The van der Waals surface area contributed by atoms with Gasteiger partial charge in [0, 0.05) is 19.2 Å². The maximum absolute atomic E-state index is 14.7. The fourth-order valence-electron chi connectivity index (χ4n) is 4.99. The number of carbonyl (C=O) groups excluding carboxylic acids is 1. The molecule has 1 aromatic heterocycles. The number of aromatic amines is 1. The first-order chi connectivity index (χ1) is 15.8. The van der Waals surface area contributed by atoms with Gasteiger partial charge in [0.15, 0.2) is 17.5 Å². The third-order valence-electron chi connectivity index (χ3n) is 6.46. The first-order valence-corrected chi connectivity index (χ1v) is 10.6. The minimum Gasteiger partial charge on any atom is -0.445 e. The highest BCUT2D eigenvalue weighted by Gasteiger charge is 2.52. The van der Waals surface area contributed by atoms with Gasteiger partial charge in [-0.25, -0.2) is 22.8 Å². The van der Waals surface area contributed by atoms with Gasteiger partial charge in [-0.05, 0) is 25.3 Å². The van der Waals surface area contributed by atoms with E-state index in [4.69, 9.17) is 4.74 Å². The van der Waals surface area contributed by atoms with Crippen LogP contribution >= 0.6 is 0 Å². The first kappa shape index (κ1) is 21.3. The molecule has 1 amide bonds. The summed E-state index contributed by atoms with van der Waals surface area (Å²) in [5.41, 5.74) is -1.13. The van der Waals surface area contributed by atoms with Crippen molar-refractivity contribution in [2.24, 2.45) is 0 Å². The van der Waals surface area contributed by atoms with Crippen LogP contribution in [0.15, 0.2) is 41.2 Å². The predicted octanol–water partition coefficient (Wildman–Crippen LogP) is 3.72. The number of anilines is 1. The summed E-state index contributed by atoms with van der Waals surface area (Å²) in [6.45, 7) is 2.43. The lowest BCUT2D eigenvalue weighted by Crippen LogP contribution is -2.62. The number of hydrogen-bond donors (Lipinski definition) is 1. The average molecular weight is 458 g/mol. The van der Waals surface area contributed by atoms with Gasteiger partial charge in [0.2, 0.25) is 0 Å². The van der Waals surface area contributed by atoms with Gasteiger partial charge >= 0.3 is 11.8 Å².